The Morgan fingerprint density at radius 3 is 1.91 bits per heavy atom. The van der Waals surface area contributed by atoms with Crippen LogP contribution in [0.5, 0.6) is 0 Å². The summed E-state index contributed by atoms with van der Waals surface area (Å²) in [6, 6.07) is 0. The smallest absolute Gasteiger partial charge is 0.305 e. The lowest BCUT2D eigenvalue weighted by atomic mass is 10.1. The van der Waals surface area contributed by atoms with Crippen LogP contribution in [0, 0.1) is 0 Å². The number of unbranched alkanes of at least 4 members (excludes halogenated alkanes) is 5. The van der Waals surface area contributed by atoms with Crippen molar-refractivity contribution in [3.8, 4) is 0 Å². The first-order valence-corrected chi connectivity index (χ1v) is 9.01. The van der Waals surface area contributed by atoms with Gasteiger partial charge >= 0.3 is 5.97 Å². The summed E-state index contributed by atoms with van der Waals surface area (Å²) < 4.78 is 0. The van der Waals surface area contributed by atoms with Gasteiger partial charge in [0.2, 0.25) is 0 Å². The minimum absolute atomic E-state index is 0.145. The molecule has 1 unspecified atom stereocenters. The van der Waals surface area contributed by atoms with Crippen molar-refractivity contribution in [1.82, 2.24) is 0 Å². The number of hydrogen-bond donors (Lipinski definition) is 2. The second kappa shape index (κ2) is 17.0. The predicted molar refractivity (Wildman–Crippen MR) is 97.5 cm³/mol. The molecule has 3 heteroatoms. The maximum Gasteiger partial charge on any atom is 0.305 e. The minimum atomic E-state index is -0.931. The Hall–Kier alpha value is -1.35. The molecule has 0 aromatic heterocycles. The first-order valence-electron chi connectivity index (χ1n) is 9.01. The van der Waals surface area contributed by atoms with Crippen molar-refractivity contribution >= 4 is 5.97 Å². The van der Waals surface area contributed by atoms with E-state index in [2.05, 4.69) is 43.4 Å². The first-order chi connectivity index (χ1) is 11.2. The highest BCUT2D eigenvalue weighted by molar-refractivity contribution is 5.67. The molecule has 0 aromatic carbocycles. The summed E-state index contributed by atoms with van der Waals surface area (Å²) in [6.45, 7) is 2.22. The van der Waals surface area contributed by atoms with Crippen LogP contribution in [0.2, 0.25) is 0 Å². The average molecular weight is 322 g/mol. The zero-order valence-electron chi connectivity index (χ0n) is 14.6. The van der Waals surface area contributed by atoms with E-state index in [0.717, 1.165) is 32.1 Å². The molecule has 23 heavy (non-hydrogen) atoms. The average Bonchev–Trinajstić information content (AvgIpc) is 2.50. The fraction of sp³-hybridized carbons (Fsp3) is 0.650. The minimum Gasteiger partial charge on any atom is -0.481 e. The highest BCUT2D eigenvalue weighted by Gasteiger charge is 2.07. The molecule has 0 aliphatic carbocycles. The van der Waals surface area contributed by atoms with E-state index >= 15 is 0 Å². The van der Waals surface area contributed by atoms with Gasteiger partial charge in [0.05, 0.1) is 12.5 Å². The van der Waals surface area contributed by atoms with Gasteiger partial charge in [-0.25, -0.2) is 0 Å². The largest absolute Gasteiger partial charge is 0.481 e. The Kier molecular flexibility index (Phi) is 16.0. The van der Waals surface area contributed by atoms with Gasteiger partial charge in [-0.05, 0) is 44.9 Å². The number of aliphatic carboxylic acids is 1. The van der Waals surface area contributed by atoms with E-state index in [1.165, 1.54) is 25.7 Å². The van der Waals surface area contributed by atoms with Gasteiger partial charge in [0.1, 0.15) is 0 Å². The van der Waals surface area contributed by atoms with Crippen molar-refractivity contribution in [2.45, 2.75) is 83.7 Å². The molecule has 0 heterocycles. The van der Waals surface area contributed by atoms with E-state index in [0.29, 0.717) is 6.42 Å². The van der Waals surface area contributed by atoms with Gasteiger partial charge in [-0.15, -0.1) is 0 Å². The lowest BCUT2D eigenvalue weighted by Gasteiger charge is -2.05. The van der Waals surface area contributed by atoms with Gasteiger partial charge in [-0.2, -0.15) is 0 Å². The van der Waals surface area contributed by atoms with Gasteiger partial charge < -0.3 is 10.2 Å². The molecule has 2 N–H and O–H groups in total. The third-order valence-electron chi connectivity index (χ3n) is 3.59. The summed E-state index contributed by atoms with van der Waals surface area (Å²) in [7, 11) is 0. The molecular weight excluding hydrogens is 288 g/mol. The number of aliphatic hydroxyl groups excluding tert-OH is 1. The topological polar surface area (TPSA) is 57.5 Å². The Bertz CT molecular complexity index is 356. The lowest BCUT2D eigenvalue weighted by Crippen LogP contribution is -2.12. The Labute approximate surface area is 141 Å². The summed E-state index contributed by atoms with van der Waals surface area (Å²) in [4.78, 5) is 10.4. The third-order valence-corrected chi connectivity index (χ3v) is 3.59. The Balaban J connectivity index is 3.40. The zero-order valence-corrected chi connectivity index (χ0v) is 14.6. The van der Waals surface area contributed by atoms with E-state index < -0.39 is 12.1 Å². The molecule has 0 amide bonds. The molecule has 3 nitrogen and oxygen atoms in total. The summed E-state index contributed by atoms with van der Waals surface area (Å²) in [5, 5.41) is 17.9. The van der Waals surface area contributed by atoms with E-state index in [-0.39, 0.29) is 6.42 Å². The zero-order chi connectivity index (χ0) is 17.2. The molecule has 0 spiro atoms. The highest BCUT2D eigenvalue weighted by atomic mass is 16.4. The maximum atomic E-state index is 10.4. The van der Waals surface area contributed by atoms with Crippen LogP contribution in [-0.4, -0.2) is 22.3 Å². The van der Waals surface area contributed by atoms with Crippen LogP contribution in [0.15, 0.2) is 36.5 Å². The normalized spacial score (nSPS) is 13.5. The van der Waals surface area contributed by atoms with Crippen molar-refractivity contribution in [3.63, 3.8) is 0 Å². The van der Waals surface area contributed by atoms with E-state index in [4.69, 9.17) is 5.11 Å². The predicted octanol–water partition coefficient (Wildman–Crippen LogP) is 5.41. The van der Waals surface area contributed by atoms with Gasteiger partial charge in [0.25, 0.3) is 0 Å². The molecular formula is C20H34O3. The fourth-order valence-electron chi connectivity index (χ4n) is 2.24. The van der Waals surface area contributed by atoms with Crippen LogP contribution in [0.25, 0.3) is 0 Å². The fourth-order valence-corrected chi connectivity index (χ4v) is 2.24. The van der Waals surface area contributed by atoms with Crippen LogP contribution in [0.4, 0.5) is 0 Å². The molecule has 0 rings (SSSR count). The quantitative estimate of drug-likeness (QED) is 0.313. The number of hydrogen-bond acceptors (Lipinski definition) is 2. The number of carbonyl (C=O) groups is 1. The Morgan fingerprint density at radius 1 is 0.870 bits per heavy atom. The molecule has 0 bridgehead atoms. The van der Waals surface area contributed by atoms with Crippen molar-refractivity contribution < 1.29 is 15.0 Å². The SMILES string of the molecule is CCCCC/C=C/C/C=C/C/C=C/CCCCC(O)CC(=O)O. The van der Waals surface area contributed by atoms with Gasteiger partial charge in [-0.1, -0.05) is 62.6 Å². The summed E-state index contributed by atoms with van der Waals surface area (Å²) in [5.74, 6) is -0.931. The van der Waals surface area contributed by atoms with Gasteiger partial charge in [0.15, 0.2) is 0 Å². The van der Waals surface area contributed by atoms with Crippen LogP contribution in [0.1, 0.15) is 77.6 Å². The highest BCUT2D eigenvalue weighted by Crippen LogP contribution is 2.07. The first kappa shape index (κ1) is 21.6. The second-order valence-corrected chi connectivity index (χ2v) is 5.92. The molecule has 0 saturated heterocycles. The number of allylic oxidation sites excluding steroid dienone is 6. The third kappa shape index (κ3) is 18.6. The monoisotopic (exact) mass is 322 g/mol. The maximum absolute atomic E-state index is 10.4. The number of aliphatic hydroxyl groups is 1. The summed E-state index contributed by atoms with van der Waals surface area (Å²) in [6.07, 6.45) is 22.9. The molecule has 1 atom stereocenters. The van der Waals surface area contributed by atoms with Crippen LogP contribution < -0.4 is 0 Å². The van der Waals surface area contributed by atoms with Crippen LogP contribution >= 0.6 is 0 Å². The van der Waals surface area contributed by atoms with Gasteiger partial charge in [-0.3, -0.25) is 4.79 Å². The van der Waals surface area contributed by atoms with Crippen molar-refractivity contribution in [2.24, 2.45) is 0 Å². The lowest BCUT2D eigenvalue weighted by molar-refractivity contribution is -0.139. The van der Waals surface area contributed by atoms with Crippen molar-refractivity contribution in [2.75, 3.05) is 0 Å². The van der Waals surface area contributed by atoms with Crippen molar-refractivity contribution in [1.29, 1.82) is 0 Å². The van der Waals surface area contributed by atoms with Crippen LogP contribution in [-0.2, 0) is 4.79 Å². The van der Waals surface area contributed by atoms with E-state index in [9.17, 15) is 9.90 Å². The molecule has 0 fully saturated rings. The van der Waals surface area contributed by atoms with E-state index in [1.54, 1.807) is 0 Å². The van der Waals surface area contributed by atoms with Crippen LogP contribution in [0.3, 0.4) is 0 Å². The number of rotatable bonds is 15. The standard InChI is InChI=1S/C20H34O3/c1-2-3-4-5-6-7-8-9-10-11-12-13-14-15-16-17-19(21)18-20(22)23/h6-7,9-10,12-13,19,21H,2-5,8,11,14-18H2,1H3,(H,22,23)/b7-6+,10-9+,13-12+. The second-order valence-electron chi connectivity index (χ2n) is 5.92. The molecule has 132 valence electrons. The number of carboxylic acids is 1. The number of carboxylic acid groups (broad SMARTS) is 1. The Morgan fingerprint density at radius 2 is 1.39 bits per heavy atom. The molecule has 0 radical (unpaired) electrons. The van der Waals surface area contributed by atoms with E-state index in [1.807, 2.05) is 0 Å². The van der Waals surface area contributed by atoms with Crippen molar-refractivity contribution in [3.05, 3.63) is 36.5 Å². The molecule has 0 saturated carbocycles. The molecule has 0 aromatic rings. The summed E-state index contributed by atoms with van der Waals surface area (Å²) in [5.41, 5.74) is 0. The van der Waals surface area contributed by atoms with Gasteiger partial charge in [0, 0.05) is 0 Å². The summed E-state index contributed by atoms with van der Waals surface area (Å²) >= 11 is 0. The molecule has 0 aliphatic rings. The molecule has 0 aliphatic heterocycles.